The first-order valence-electron chi connectivity index (χ1n) is 9.73. The molecule has 2 aromatic carbocycles. The Kier molecular flexibility index (Phi) is 6.32. The van der Waals surface area contributed by atoms with Crippen LogP contribution in [0.25, 0.3) is 11.1 Å². The molecule has 0 amide bonds. The van der Waals surface area contributed by atoms with Crippen LogP contribution in [0.2, 0.25) is 0 Å². The molecule has 150 valence electrons. The highest BCUT2D eigenvalue weighted by Crippen LogP contribution is 2.38. The number of rotatable bonds is 9. The van der Waals surface area contributed by atoms with Crippen LogP contribution in [-0.4, -0.2) is 17.7 Å². The van der Waals surface area contributed by atoms with Crippen molar-refractivity contribution in [1.29, 1.82) is 0 Å². The highest BCUT2D eigenvalue weighted by Gasteiger charge is 2.27. The lowest BCUT2D eigenvalue weighted by Gasteiger charge is -2.19. The Bertz CT molecular complexity index is 826. The van der Waals surface area contributed by atoms with E-state index in [2.05, 4.69) is 0 Å². The largest absolute Gasteiger partial charge is 0.493 e. The molecule has 3 nitrogen and oxygen atoms in total. The van der Waals surface area contributed by atoms with E-state index < -0.39 is 24.4 Å². The highest BCUT2D eigenvalue weighted by atomic mass is 19.1. The number of benzene rings is 2. The lowest BCUT2D eigenvalue weighted by molar-refractivity contribution is -0.139. The second-order valence-electron chi connectivity index (χ2n) is 7.98. The van der Waals surface area contributed by atoms with Crippen molar-refractivity contribution in [2.24, 2.45) is 11.8 Å². The van der Waals surface area contributed by atoms with E-state index in [1.807, 2.05) is 13.8 Å². The van der Waals surface area contributed by atoms with Gasteiger partial charge in [-0.05, 0) is 54.4 Å². The number of carboxylic acids is 1. The number of carbonyl (C=O) groups is 1. The number of hydrogen-bond donors (Lipinski definition) is 1. The second kappa shape index (κ2) is 8.72. The summed E-state index contributed by atoms with van der Waals surface area (Å²) in [5.74, 6) is -1.43. The molecule has 1 N–H and O–H groups in total. The van der Waals surface area contributed by atoms with Crippen molar-refractivity contribution in [3.63, 3.8) is 0 Å². The SMILES string of the molecule is CC(C)CC(C(=O)O)c1cc(OCC2CC2)c(-c2ccc(CF)cc2)cc1F. The standard InChI is InChI=1S/C23H26F2O3/c1-14(2)9-20(23(26)27)19-11-22(28-13-16-3-4-16)18(10-21(19)25)17-7-5-15(12-24)6-8-17/h5-8,10-11,14,16,20H,3-4,9,12-13H2,1-2H3,(H,26,27). The molecule has 1 aliphatic rings. The van der Waals surface area contributed by atoms with Crippen LogP contribution in [0.3, 0.4) is 0 Å². The number of carboxylic acid groups (broad SMARTS) is 1. The van der Waals surface area contributed by atoms with E-state index in [0.29, 0.717) is 41.4 Å². The first-order chi connectivity index (χ1) is 13.4. The van der Waals surface area contributed by atoms with Crippen LogP contribution in [0.15, 0.2) is 36.4 Å². The summed E-state index contributed by atoms with van der Waals surface area (Å²) in [6.07, 6.45) is 2.57. The quantitative estimate of drug-likeness (QED) is 0.576. The van der Waals surface area contributed by atoms with Gasteiger partial charge in [-0.2, -0.15) is 0 Å². The maximum absolute atomic E-state index is 15.0. The van der Waals surface area contributed by atoms with Gasteiger partial charge < -0.3 is 9.84 Å². The smallest absolute Gasteiger partial charge is 0.311 e. The van der Waals surface area contributed by atoms with Gasteiger partial charge in [0.25, 0.3) is 0 Å². The summed E-state index contributed by atoms with van der Waals surface area (Å²) in [5, 5.41) is 9.62. The lowest BCUT2D eigenvalue weighted by Crippen LogP contribution is -2.16. The normalized spacial score (nSPS) is 14.9. The topological polar surface area (TPSA) is 46.5 Å². The number of alkyl halides is 1. The summed E-state index contributed by atoms with van der Waals surface area (Å²) < 4.78 is 33.7. The molecule has 0 aromatic heterocycles. The molecule has 1 fully saturated rings. The van der Waals surface area contributed by atoms with E-state index in [4.69, 9.17) is 4.74 Å². The summed E-state index contributed by atoms with van der Waals surface area (Å²) >= 11 is 0. The van der Waals surface area contributed by atoms with Crippen molar-refractivity contribution in [2.45, 2.75) is 45.7 Å². The Morgan fingerprint density at radius 2 is 1.89 bits per heavy atom. The third-order valence-electron chi connectivity index (χ3n) is 5.07. The number of aliphatic carboxylic acids is 1. The lowest BCUT2D eigenvalue weighted by atomic mass is 9.88. The predicted molar refractivity (Wildman–Crippen MR) is 105 cm³/mol. The molecule has 0 aliphatic heterocycles. The number of ether oxygens (including phenoxy) is 1. The van der Waals surface area contributed by atoms with E-state index in [1.54, 1.807) is 24.3 Å². The third kappa shape index (κ3) is 4.89. The number of hydrogen-bond acceptors (Lipinski definition) is 2. The average molecular weight is 388 g/mol. The van der Waals surface area contributed by atoms with Crippen molar-refractivity contribution >= 4 is 5.97 Å². The van der Waals surface area contributed by atoms with Gasteiger partial charge in [-0.3, -0.25) is 4.79 Å². The molecule has 3 rings (SSSR count). The molecule has 0 heterocycles. The van der Waals surface area contributed by atoms with E-state index >= 15 is 0 Å². The third-order valence-corrected chi connectivity index (χ3v) is 5.07. The Hall–Kier alpha value is -2.43. The van der Waals surface area contributed by atoms with E-state index in [9.17, 15) is 18.7 Å². The molecule has 28 heavy (non-hydrogen) atoms. The fourth-order valence-corrected chi connectivity index (χ4v) is 3.28. The van der Waals surface area contributed by atoms with Gasteiger partial charge in [0, 0.05) is 11.1 Å². The predicted octanol–water partition coefficient (Wildman–Crippen LogP) is 5.97. The number of halogens is 2. The van der Waals surface area contributed by atoms with Crippen molar-refractivity contribution in [3.05, 3.63) is 53.3 Å². The molecular weight excluding hydrogens is 362 g/mol. The highest BCUT2D eigenvalue weighted by molar-refractivity contribution is 5.78. The van der Waals surface area contributed by atoms with Gasteiger partial charge in [0.1, 0.15) is 18.2 Å². The van der Waals surface area contributed by atoms with Crippen LogP contribution in [-0.2, 0) is 11.5 Å². The van der Waals surface area contributed by atoms with Gasteiger partial charge >= 0.3 is 5.97 Å². The maximum Gasteiger partial charge on any atom is 0.311 e. The summed E-state index contributed by atoms with van der Waals surface area (Å²) in [7, 11) is 0. The van der Waals surface area contributed by atoms with Gasteiger partial charge in [0.05, 0.1) is 12.5 Å². The average Bonchev–Trinajstić information content (AvgIpc) is 3.49. The molecule has 1 aliphatic carbocycles. The molecule has 0 saturated heterocycles. The zero-order valence-corrected chi connectivity index (χ0v) is 16.3. The zero-order valence-electron chi connectivity index (χ0n) is 16.3. The van der Waals surface area contributed by atoms with Crippen molar-refractivity contribution in [1.82, 2.24) is 0 Å². The molecule has 1 unspecified atom stereocenters. The van der Waals surface area contributed by atoms with E-state index in [-0.39, 0.29) is 11.5 Å². The van der Waals surface area contributed by atoms with Crippen molar-refractivity contribution < 1.29 is 23.4 Å². The molecule has 0 spiro atoms. The Labute approximate surface area is 164 Å². The van der Waals surface area contributed by atoms with E-state index in [1.165, 1.54) is 12.1 Å². The Morgan fingerprint density at radius 1 is 1.21 bits per heavy atom. The van der Waals surface area contributed by atoms with Crippen LogP contribution in [0.4, 0.5) is 8.78 Å². The van der Waals surface area contributed by atoms with Gasteiger partial charge in [-0.25, -0.2) is 8.78 Å². The molecule has 0 bridgehead atoms. The van der Waals surface area contributed by atoms with Gasteiger partial charge in [-0.15, -0.1) is 0 Å². The van der Waals surface area contributed by atoms with Crippen LogP contribution < -0.4 is 4.74 Å². The maximum atomic E-state index is 15.0. The molecule has 5 heteroatoms. The Morgan fingerprint density at radius 3 is 2.43 bits per heavy atom. The summed E-state index contributed by atoms with van der Waals surface area (Å²) in [5.41, 5.74) is 1.96. The minimum absolute atomic E-state index is 0.115. The van der Waals surface area contributed by atoms with Crippen molar-refractivity contribution in [2.75, 3.05) is 6.61 Å². The molecule has 2 aromatic rings. The summed E-state index contributed by atoms with van der Waals surface area (Å²) in [6, 6.07) is 9.66. The monoisotopic (exact) mass is 388 g/mol. The fourth-order valence-electron chi connectivity index (χ4n) is 3.28. The van der Waals surface area contributed by atoms with Crippen molar-refractivity contribution in [3.8, 4) is 16.9 Å². The Balaban J connectivity index is 2.02. The van der Waals surface area contributed by atoms with Gasteiger partial charge in [-0.1, -0.05) is 38.1 Å². The molecular formula is C23H26F2O3. The molecule has 0 radical (unpaired) electrons. The first kappa shape index (κ1) is 20.3. The minimum atomic E-state index is -1.04. The second-order valence-corrected chi connectivity index (χ2v) is 7.98. The molecule has 1 atom stereocenters. The van der Waals surface area contributed by atoms with Crippen LogP contribution in [0.1, 0.15) is 50.2 Å². The van der Waals surface area contributed by atoms with Crippen LogP contribution in [0, 0.1) is 17.7 Å². The summed E-state index contributed by atoms with van der Waals surface area (Å²) in [4.78, 5) is 11.8. The molecule has 1 saturated carbocycles. The fraction of sp³-hybridized carbons (Fsp3) is 0.435. The van der Waals surface area contributed by atoms with Gasteiger partial charge in [0.15, 0.2) is 0 Å². The van der Waals surface area contributed by atoms with E-state index in [0.717, 1.165) is 12.8 Å². The zero-order chi connectivity index (χ0) is 20.3. The minimum Gasteiger partial charge on any atom is -0.493 e. The van der Waals surface area contributed by atoms with Crippen LogP contribution in [0.5, 0.6) is 5.75 Å². The first-order valence-corrected chi connectivity index (χ1v) is 9.73. The van der Waals surface area contributed by atoms with Gasteiger partial charge in [0.2, 0.25) is 0 Å². The summed E-state index contributed by atoms with van der Waals surface area (Å²) in [6.45, 7) is 3.80. The van der Waals surface area contributed by atoms with Crippen LogP contribution >= 0.6 is 0 Å².